The number of carbonyl (C=O) groups is 2. The third-order valence-corrected chi connectivity index (χ3v) is 4.23. The largest absolute Gasteiger partial charge is 0.459 e. The lowest BCUT2D eigenvalue weighted by molar-refractivity contribution is -0.142. The second-order valence-electron chi connectivity index (χ2n) is 6.51. The number of hydrogen-bond donors (Lipinski definition) is 0. The first-order valence-corrected chi connectivity index (χ1v) is 9.24. The van der Waals surface area contributed by atoms with Crippen LogP contribution in [-0.2, 0) is 20.9 Å². The van der Waals surface area contributed by atoms with E-state index in [1.807, 2.05) is 48.5 Å². The quantitative estimate of drug-likeness (QED) is 0.472. The minimum absolute atomic E-state index is 0.0289. The van der Waals surface area contributed by atoms with Crippen molar-refractivity contribution in [1.29, 1.82) is 0 Å². The van der Waals surface area contributed by atoms with Gasteiger partial charge in [-0.25, -0.2) is 14.6 Å². The third kappa shape index (κ3) is 4.02. The van der Waals surface area contributed by atoms with Gasteiger partial charge < -0.3 is 9.47 Å². The van der Waals surface area contributed by atoms with Crippen LogP contribution in [0, 0.1) is 0 Å². The summed E-state index contributed by atoms with van der Waals surface area (Å²) in [6, 6.07) is 18.4. The Balaban J connectivity index is 1.88. The van der Waals surface area contributed by atoms with Gasteiger partial charge in [0.05, 0.1) is 22.4 Å². The number of ether oxygens (including phenoxy) is 2. The van der Waals surface area contributed by atoms with Gasteiger partial charge in [-0.1, -0.05) is 30.3 Å². The van der Waals surface area contributed by atoms with Crippen LogP contribution in [0.25, 0.3) is 28.1 Å². The lowest BCUT2D eigenvalue weighted by atomic mass is 10.2. The van der Waals surface area contributed by atoms with Crippen LogP contribution in [0.2, 0.25) is 0 Å². The molecule has 0 atom stereocenters. The van der Waals surface area contributed by atoms with Gasteiger partial charge in [0.2, 0.25) is 0 Å². The summed E-state index contributed by atoms with van der Waals surface area (Å²) in [6.45, 7) is 2.67. The number of esters is 2. The molecule has 0 unspecified atom stereocenters. The van der Waals surface area contributed by atoms with Crippen molar-refractivity contribution in [2.45, 2.75) is 20.5 Å². The van der Waals surface area contributed by atoms with Gasteiger partial charge >= 0.3 is 11.9 Å². The summed E-state index contributed by atoms with van der Waals surface area (Å²) in [7, 11) is 0. The van der Waals surface area contributed by atoms with Crippen molar-refractivity contribution in [1.82, 2.24) is 19.7 Å². The van der Waals surface area contributed by atoms with Crippen molar-refractivity contribution in [2.24, 2.45) is 0 Å². The van der Waals surface area contributed by atoms with E-state index in [1.165, 1.54) is 13.8 Å². The number of hydrogen-bond acceptors (Lipinski definition) is 7. The van der Waals surface area contributed by atoms with E-state index >= 15 is 0 Å². The van der Waals surface area contributed by atoms with E-state index in [2.05, 4.69) is 15.1 Å². The van der Waals surface area contributed by atoms with Gasteiger partial charge in [-0.3, -0.25) is 9.59 Å². The van der Waals surface area contributed by atoms with Crippen molar-refractivity contribution < 1.29 is 19.1 Å². The molecule has 2 aromatic carbocycles. The SMILES string of the molecule is CC(=O)OCc1cc(-c2nc3ccccc3nc2OC(C)=O)nn1-c1ccccc1. The molecule has 0 aliphatic rings. The molecule has 4 rings (SSSR count). The molecule has 0 spiro atoms. The van der Waals surface area contributed by atoms with Crippen molar-refractivity contribution >= 4 is 23.0 Å². The highest BCUT2D eigenvalue weighted by Crippen LogP contribution is 2.29. The van der Waals surface area contributed by atoms with E-state index in [0.29, 0.717) is 28.1 Å². The van der Waals surface area contributed by atoms with Crippen molar-refractivity contribution in [2.75, 3.05) is 0 Å². The fraction of sp³-hybridized carbons (Fsp3) is 0.136. The average Bonchev–Trinajstić information content (AvgIpc) is 3.16. The topological polar surface area (TPSA) is 96.2 Å². The number of benzene rings is 2. The Kier molecular flexibility index (Phi) is 5.21. The maximum Gasteiger partial charge on any atom is 0.309 e. The van der Waals surface area contributed by atoms with Crippen LogP contribution in [0.3, 0.4) is 0 Å². The van der Waals surface area contributed by atoms with Crippen LogP contribution in [0.4, 0.5) is 0 Å². The van der Waals surface area contributed by atoms with Crippen LogP contribution >= 0.6 is 0 Å². The predicted octanol–water partition coefficient (Wildman–Crippen LogP) is 3.47. The lowest BCUT2D eigenvalue weighted by Crippen LogP contribution is -2.07. The molecule has 0 aliphatic carbocycles. The van der Waals surface area contributed by atoms with Gasteiger partial charge in [0.1, 0.15) is 12.3 Å². The molecule has 0 saturated carbocycles. The number of nitrogens with zero attached hydrogens (tertiary/aromatic N) is 4. The van der Waals surface area contributed by atoms with E-state index in [4.69, 9.17) is 9.47 Å². The summed E-state index contributed by atoms with van der Waals surface area (Å²) >= 11 is 0. The highest BCUT2D eigenvalue weighted by molar-refractivity contribution is 5.81. The molecule has 0 amide bonds. The molecule has 2 heterocycles. The average molecular weight is 402 g/mol. The second kappa shape index (κ2) is 8.12. The molecule has 8 heteroatoms. The molecular formula is C22H18N4O4. The first kappa shape index (κ1) is 19.3. The number of carbonyl (C=O) groups excluding carboxylic acids is 2. The van der Waals surface area contributed by atoms with Crippen molar-refractivity contribution in [3.8, 4) is 23.0 Å². The molecule has 30 heavy (non-hydrogen) atoms. The Morgan fingerprint density at radius 3 is 2.23 bits per heavy atom. The number of rotatable bonds is 5. The van der Waals surface area contributed by atoms with Crippen LogP contribution in [0.15, 0.2) is 60.7 Å². The molecule has 0 saturated heterocycles. The maximum absolute atomic E-state index is 11.6. The minimum atomic E-state index is -0.511. The fourth-order valence-corrected chi connectivity index (χ4v) is 2.96. The Labute approximate surface area is 172 Å². The molecule has 0 radical (unpaired) electrons. The molecule has 0 N–H and O–H groups in total. The lowest BCUT2D eigenvalue weighted by Gasteiger charge is -2.08. The van der Waals surface area contributed by atoms with E-state index in [1.54, 1.807) is 16.8 Å². The zero-order valence-electron chi connectivity index (χ0n) is 16.4. The molecule has 8 nitrogen and oxygen atoms in total. The number of para-hydroxylation sites is 3. The molecule has 0 bridgehead atoms. The Morgan fingerprint density at radius 2 is 1.57 bits per heavy atom. The smallest absolute Gasteiger partial charge is 0.309 e. The van der Waals surface area contributed by atoms with Gasteiger partial charge in [-0.2, -0.15) is 5.10 Å². The summed E-state index contributed by atoms with van der Waals surface area (Å²) in [6.07, 6.45) is 0. The normalized spacial score (nSPS) is 10.7. The zero-order valence-corrected chi connectivity index (χ0v) is 16.4. The zero-order chi connectivity index (χ0) is 21.1. The highest BCUT2D eigenvalue weighted by atomic mass is 16.5. The Morgan fingerprint density at radius 1 is 0.900 bits per heavy atom. The molecule has 0 fully saturated rings. The van der Waals surface area contributed by atoms with Gasteiger partial charge in [-0.15, -0.1) is 0 Å². The van der Waals surface area contributed by atoms with Gasteiger partial charge in [-0.05, 0) is 30.3 Å². The minimum Gasteiger partial charge on any atom is -0.459 e. The number of aromatic nitrogens is 4. The second-order valence-corrected chi connectivity index (χ2v) is 6.51. The van der Waals surface area contributed by atoms with Crippen molar-refractivity contribution in [3.05, 3.63) is 66.4 Å². The van der Waals surface area contributed by atoms with E-state index in [-0.39, 0.29) is 12.5 Å². The molecule has 150 valence electrons. The maximum atomic E-state index is 11.6. The van der Waals surface area contributed by atoms with Gasteiger partial charge in [0.15, 0.2) is 5.69 Å². The van der Waals surface area contributed by atoms with E-state index in [9.17, 15) is 9.59 Å². The Hall–Kier alpha value is -4.07. The highest BCUT2D eigenvalue weighted by Gasteiger charge is 2.20. The van der Waals surface area contributed by atoms with E-state index < -0.39 is 11.9 Å². The van der Waals surface area contributed by atoms with Crippen LogP contribution < -0.4 is 4.74 Å². The fourth-order valence-electron chi connectivity index (χ4n) is 2.96. The van der Waals surface area contributed by atoms with Gasteiger partial charge in [0, 0.05) is 13.8 Å². The van der Waals surface area contributed by atoms with Crippen LogP contribution in [0.5, 0.6) is 5.88 Å². The first-order valence-electron chi connectivity index (χ1n) is 9.24. The summed E-state index contributed by atoms with van der Waals surface area (Å²) in [5.74, 6) is -0.843. The monoisotopic (exact) mass is 402 g/mol. The summed E-state index contributed by atoms with van der Waals surface area (Å²) in [5, 5.41) is 4.63. The third-order valence-electron chi connectivity index (χ3n) is 4.23. The summed E-state index contributed by atoms with van der Waals surface area (Å²) < 4.78 is 12.2. The van der Waals surface area contributed by atoms with Gasteiger partial charge in [0.25, 0.3) is 5.88 Å². The number of fused-ring (bicyclic) bond motifs is 1. The predicted molar refractivity (Wildman–Crippen MR) is 109 cm³/mol. The molecule has 2 aromatic heterocycles. The standard InChI is InChI=1S/C22H18N4O4/c1-14(27)29-13-17-12-20(25-26(17)16-8-4-3-5-9-16)21-22(30-15(2)28)24-19-11-7-6-10-18(19)23-21/h3-12H,13H2,1-2H3. The summed E-state index contributed by atoms with van der Waals surface area (Å²) in [4.78, 5) is 32.0. The molecule has 4 aromatic rings. The summed E-state index contributed by atoms with van der Waals surface area (Å²) in [5.41, 5.74) is 3.42. The van der Waals surface area contributed by atoms with Crippen LogP contribution in [-0.4, -0.2) is 31.7 Å². The van der Waals surface area contributed by atoms with E-state index in [0.717, 1.165) is 5.69 Å². The van der Waals surface area contributed by atoms with Crippen molar-refractivity contribution in [3.63, 3.8) is 0 Å². The first-order chi connectivity index (χ1) is 14.5. The Bertz CT molecular complexity index is 1230. The molecular weight excluding hydrogens is 384 g/mol. The molecule has 0 aliphatic heterocycles. The van der Waals surface area contributed by atoms with Crippen LogP contribution in [0.1, 0.15) is 19.5 Å².